The Morgan fingerprint density at radius 3 is 3.23 bits per heavy atom. The van der Waals surface area contributed by atoms with Crippen LogP contribution in [0, 0.1) is 5.92 Å². The van der Waals surface area contributed by atoms with Crippen molar-refractivity contribution in [3.8, 4) is 0 Å². The molecule has 3 heteroatoms. The quantitative estimate of drug-likeness (QED) is 0.443. The van der Waals surface area contributed by atoms with Gasteiger partial charge in [-0.3, -0.25) is 4.79 Å². The van der Waals surface area contributed by atoms with E-state index in [1.165, 1.54) is 0 Å². The van der Waals surface area contributed by atoms with E-state index in [0.29, 0.717) is 5.92 Å². The summed E-state index contributed by atoms with van der Waals surface area (Å²) >= 11 is 2.37. The first-order valence-corrected chi connectivity index (χ1v) is 6.11. The Hall–Kier alpha value is 0.1000. The van der Waals surface area contributed by atoms with Gasteiger partial charge in [-0.05, 0) is 25.7 Å². The van der Waals surface area contributed by atoms with Crippen LogP contribution in [0.1, 0.15) is 19.8 Å². The summed E-state index contributed by atoms with van der Waals surface area (Å²) in [7, 11) is 0. The van der Waals surface area contributed by atoms with E-state index in [1.807, 2.05) is 6.08 Å². The summed E-state index contributed by atoms with van der Waals surface area (Å²) in [4.78, 5) is 10.7. The molecule has 2 bridgehead atoms. The van der Waals surface area contributed by atoms with Gasteiger partial charge in [-0.15, -0.1) is 0 Å². The molecule has 2 rings (SSSR count). The number of alkyl halides is 1. The number of allylic oxidation sites excluding steroid dienone is 1. The van der Waals surface area contributed by atoms with Gasteiger partial charge in [-0.25, -0.2) is 0 Å². The molecule has 2 aliphatic rings. The summed E-state index contributed by atoms with van der Waals surface area (Å²) in [5.41, 5.74) is 0.844. The van der Waals surface area contributed by atoms with Gasteiger partial charge in [0.2, 0.25) is 0 Å². The Kier molecular flexibility index (Phi) is 2.49. The van der Waals surface area contributed by atoms with E-state index >= 15 is 0 Å². The van der Waals surface area contributed by atoms with Crippen molar-refractivity contribution < 1.29 is 9.53 Å². The lowest BCUT2D eigenvalue weighted by Gasteiger charge is -2.26. The fraction of sp³-hybridized carbons (Fsp3) is 0.700. The van der Waals surface area contributed by atoms with Gasteiger partial charge in [0.25, 0.3) is 0 Å². The van der Waals surface area contributed by atoms with E-state index in [4.69, 9.17) is 4.74 Å². The molecule has 72 valence electrons. The Labute approximate surface area is 91.9 Å². The number of halogens is 1. The number of ether oxygens (including phenoxy) is 1. The van der Waals surface area contributed by atoms with Gasteiger partial charge in [-0.1, -0.05) is 28.7 Å². The topological polar surface area (TPSA) is 26.3 Å². The highest BCUT2D eigenvalue weighted by Gasteiger charge is 2.46. The van der Waals surface area contributed by atoms with E-state index < -0.39 is 0 Å². The fourth-order valence-electron chi connectivity index (χ4n) is 2.20. The lowest BCUT2D eigenvalue weighted by molar-refractivity contribution is -0.106. The molecule has 0 aromatic heterocycles. The predicted octanol–water partition coefficient (Wildman–Crippen LogP) is 2.11. The van der Waals surface area contributed by atoms with Crippen LogP contribution in [-0.2, 0) is 9.53 Å². The molecule has 1 fully saturated rings. The summed E-state index contributed by atoms with van der Waals surface area (Å²) in [6.45, 7) is 2.16. The standard InChI is InChI=1S/C10H13IO2/c1-10(6-11)8-3-2-7(5-12)9(4-8)13-10/h2,5,8-9H,3-4,6H2,1H3/t8-,9-,10-/m1/s1. The van der Waals surface area contributed by atoms with Crippen molar-refractivity contribution in [3.05, 3.63) is 11.6 Å². The smallest absolute Gasteiger partial charge is 0.148 e. The number of hydrogen-bond donors (Lipinski definition) is 0. The maximum absolute atomic E-state index is 10.7. The fourth-order valence-corrected chi connectivity index (χ4v) is 3.00. The molecule has 1 saturated heterocycles. The highest BCUT2D eigenvalue weighted by atomic mass is 127. The summed E-state index contributed by atoms with van der Waals surface area (Å²) in [5.74, 6) is 0.609. The molecule has 3 atom stereocenters. The molecule has 0 aromatic carbocycles. The maximum Gasteiger partial charge on any atom is 0.148 e. The Balaban J connectivity index is 2.22. The zero-order chi connectivity index (χ0) is 9.47. The van der Waals surface area contributed by atoms with Gasteiger partial charge in [0.1, 0.15) is 6.29 Å². The van der Waals surface area contributed by atoms with Gasteiger partial charge in [-0.2, -0.15) is 0 Å². The zero-order valence-corrected chi connectivity index (χ0v) is 9.78. The molecule has 1 heterocycles. The van der Waals surface area contributed by atoms with Crippen molar-refractivity contribution in [1.82, 2.24) is 0 Å². The minimum atomic E-state index is -0.00745. The molecular formula is C10H13IO2. The van der Waals surface area contributed by atoms with Crippen LogP contribution in [0.2, 0.25) is 0 Å². The second kappa shape index (κ2) is 3.35. The van der Waals surface area contributed by atoms with E-state index in [9.17, 15) is 4.79 Å². The van der Waals surface area contributed by atoms with Gasteiger partial charge >= 0.3 is 0 Å². The Bertz CT molecular complexity index is 262. The molecule has 0 saturated carbocycles. The molecule has 2 nitrogen and oxygen atoms in total. The summed E-state index contributed by atoms with van der Waals surface area (Å²) in [6, 6.07) is 0. The summed E-state index contributed by atoms with van der Waals surface area (Å²) in [6.07, 6.45) is 5.10. The third kappa shape index (κ3) is 1.46. The van der Waals surface area contributed by atoms with E-state index in [-0.39, 0.29) is 11.7 Å². The maximum atomic E-state index is 10.7. The largest absolute Gasteiger partial charge is 0.366 e. The Morgan fingerprint density at radius 2 is 2.62 bits per heavy atom. The second-order valence-corrected chi connectivity index (χ2v) is 4.81. The van der Waals surface area contributed by atoms with Crippen molar-refractivity contribution in [1.29, 1.82) is 0 Å². The van der Waals surface area contributed by atoms with Crippen molar-refractivity contribution in [2.75, 3.05) is 4.43 Å². The first-order valence-electron chi connectivity index (χ1n) is 4.58. The van der Waals surface area contributed by atoms with Crippen molar-refractivity contribution >= 4 is 28.9 Å². The Morgan fingerprint density at radius 1 is 1.85 bits per heavy atom. The molecule has 0 unspecified atom stereocenters. The lowest BCUT2D eigenvalue weighted by Crippen LogP contribution is -2.32. The van der Waals surface area contributed by atoms with Gasteiger partial charge in [0.05, 0.1) is 11.7 Å². The molecule has 0 aromatic rings. The van der Waals surface area contributed by atoms with Crippen molar-refractivity contribution in [3.63, 3.8) is 0 Å². The normalized spacial score (nSPS) is 43.1. The van der Waals surface area contributed by atoms with Crippen LogP contribution in [0.5, 0.6) is 0 Å². The first-order chi connectivity index (χ1) is 6.19. The third-order valence-corrected chi connectivity index (χ3v) is 4.70. The molecule has 0 spiro atoms. The average Bonchev–Trinajstić information content (AvgIpc) is 2.41. The minimum Gasteiger partial charge on any atom is -0.366 e. The van der Waals surface area contributed by atoms with Crippen LogP contribution in [0.25, 0.3) is 0 Å². The van der Waals surface area contributed by atoms with Crippen LogP contribution >= 0.6 is 22.6 Å². The van der Waals surface area contributed by atoms with E-state index in [0.717, 1.165) is 29.1 Å². The average molecular weight is 292 g/mol. The predicted molar refractivity (Wildman–Crippen MR) is 59.0 cm³/mol. The van der Waals surface area contributed by atoms with Crippen LogP contribution in [-0.4, -0.2) is 22.4 Å². The molecule has 0 amide bonds. The molecule has 0 radical (unpaired) electrons. The minimum absolute atomic E-state index is 0.00745. The lowest BCUT2D eigenvalue weighted by atomic mass is 9.82. The number of carbonyl (C=O) groups is 1. The van der Waals surface area contributed by atoms with E-state index in [2.05, 4.69) is 29.5 Å². The zero-order valence-electron chi connectivity index (χ0n) is 7.63. The first kappa shape index (κ1) is 9.65. The van der Waals surface area contributed by atoms with Crippen LogP contribution in [0.15, 0.2) is 11.6 Å². The number of fused-ring (bicyclic) bond motifs is 2. The number of rotatable bonds is 2. The summed E-state index contributed by atoms with van der Waals surface area (Å²) in [5, 5.41) is 0. The van der Waals surface area contributed by atoms with Crippen molar-refractivity contribution in [2.45, 2.75) is 31.5 Å². The monoisotopic (exact) mass is 292 g/mol. The molecular weight excluding hydrogens is 279 g/mol. The number of carbonyl (C=O) groups excluding carboxylic acids is 1. The van der Waals surface area contributed by atoms with Crippen LogP contribution < -0.4 is 0 Å². The second-order valence-electron chi connectivity index (χ2n) is 4.04. The highest BCUT2D eigenvalue weighted by Crippen LogP contribution is 2.44. The molecule has 0 N–H and O–H groups in total. The van der Waals surface area contributed by atoms with Crippen LogP contribution in [0.4, 0.5) is 0 Å². The summed E-state index contributed by atoms with van der Waals surface area (Å²) < 4.78 is 6.92. The SMILES string of the molecule is C[C@]1(CI)O[C@@H]2C[C@H]1CC=C2C=O. The van der Waals surface area contributed by atoms with Crippen LogP contribution in [0.3, 0.4) is 0 Å². The number of aldehydes is 1. The molecule has 1 aliphatic carbocycles. The van der Waals surface area contributed by atoms with Gasteiger partial charge < -0.3 is 4.74 Å². The van der Waals surface area contributed by atoms with Gasteiger partial charge in [0, 0.05) is 10.0 Å². The van der Waals surface area contributed by atoms with Gasteiger partial charge in [0.15, 0.2) is 0 Å². The highest BCUT2D eigenvalue weighted by molar-refractivity contribution is 14.1. The molecule has 13 heavy (non-hydrogen) atoms. The van der Waals surface area contributed by atoms with E-state index in [1.54, 1.807) is 0 Å². The van der Waals surface area contributed by atoms with Crippen molar-refractivity contribution in [2.24, 2.45) is 5.92 Å². The third-order valence-electron chi connectivity index (χ3n) is 3.18. The molecule has 1 aliphatic heterocycles. The number of hydrogen-bond acceptors (Lipinski definition) is 2.